The minimum Gasteiger partial charge on any atom is -0.496 e. The Hall–Kier alpha value is -1.27. The van der Waals surface area contributed by atoms with Gasteiger partial charge in [0.15, 0.2) is 0 Å². The smallest absolute Gasteiger partial charge is 0.420 e. The summed E-state index contributed by atoms with van der Waals surface area (Å²) in [6.45, 7) is 1.43. The first kappa shape index (κ1) is 13.8. The zero-order chi connectivity index (χ0) is 13.2. The average Bonchev–Trinajstić information content (AvgIpc) is 2.25. The van der Waals surface area contributed by atoms with E-state index in [1.165, 1.54) is 25.1 Å². The largest absolute Gasteiger partial charge is 0.496 e. The number of methoxy groups -OCH3 is 1. The van der Waals surface area contributed by atoms with Crippen LogP contribution in [0.15, 0.2) is 18.2 Å². The number of benzene rings is 1. The quantitative estimate of drug-likeness (QED) is 0.862. The molecule has 0 aliphatic carbocycles. The number of nitrogens with two attached hydrogens (primary N) is 1. The van der Waals surface area contributed by atoms with Crippen LogP contribution in [0.2, 0.25) is 0 Å². The van der Waals surface area contributed by atoms with E-state index in [0.717, 1.165) is 7.11 Å². The van der Waals surface area contributed by atoms with Gasteiger partial charge in [0.05, 0.1) is 13.2 Å². The highest BCUT2D eigenvalue weighted by atomic mass is 19.4. The molecule has 0 spiro atoms. The minimum absolute atomic E-state index is 0.271. The van der Waals surface area contributed by atoms with Crippen LogP contribution in [0.3, 0.4) is 0 Å². The van der Waals surface area contributed by atoms with Crippen molar-refractivity contribution in [2.24, 2.45) is 5.73 Å². The van der Waals surface area contributed by atoms with Crippen LogP contribution >= 0.6 is 0 Å². The van der Waals surface area contributed by atoms with Crippen molar-refractivity contribution < 1.29 is 23.0 Å². The number of rotatable bonds is 3. The van der Waals surface area contributed by atoms with Crippen LogP contribution in [-0.4, -0.2) is 18.3 Å². The number of hydrogen-bond donors (Lipinski definition) is 2. The van der Waals surface area contributed by atoms with Gasteiger partial charge in [-0.05, 0) is 18.6 Å². The van der Waals surface area contributed by atoms with E-state index in [2.05, 4.69) is 4.74 Å². The van der Waals surface area contributed by atoms with Gasteiger partial charge >= 0.3 is 6.18 Å². The highest BCUT2D eigenvalue weighted by Gasteiger charge is 2.38. The highest BCUT2D eigenvalue weighted by molar-refractivity contribution is 5.43. The van der Waals surface area contributed by atoms with E-state index < -0.39 is 23.9 Å². The van der Waals surface area contributed by atoms with Gasteiger partial charge < -0.3 is 15.6 Å². The monoisotopic (exact) mass is 249 g/mol. The Morgan fingerprint density at radius 1 is 1.35 bits per heavy atom. The van der Waals surface area contributed by atoms with Crippen LogP contribution < -0.4 is 10.5 Å². The van der Waals surface area contributed by atoms with E-state index in [-0.39, 0.29) is 11.3 Å². The Morgan fingerprint density at radius 3 is 2.35 bits per heavy atom. The first-order valence-electron chi connectivity index (χ1n) is 4.96. The van der Waals surface area contributed by atoms with Gasteiger partial charge in [-0.2, -0.15) is 13.2 Å². The van der Waals surface area contributed by atoms with Crippen molar-refractivity contribution in [2.75, 3.05) is 7.11 Å². The average molecular weight is 249 g/mol. The molecule has 0 aliphatic heterocycles. The summed E-state index contributed by atoms with van der Waals surface area (Å²) in [7, 11) is 1.15. The van der Waals surface area contributed by atoms with Gasteiger partial charge in [0.1, 0.15) is 11.3 Å². The van der Waals surface area contributed by atoms with Gasteiger partial charge in [0.25, 0.3) is 0 Å². The molecule has 0 amide bonds. The van der Waals surface area contributed by atoms with Gasteiger partial charge in [-0.15, -0.1) is 0 Å². The van der Waals surface area contributed by atoms with Gasteiger partial charge in [-0.1, -0.05) is 12.1 Å². The zero-order valence-electron chi connectivity index (χ0n) is 9.45. The van der Waals surface area contributed by atoms with Gasteiger partial charge in [-0.3, -0.25) is 0 Å². The Balaban J connectivity index is 3.40. The Kier molecular flexibility index (Phi) is 4.00. The molecular weight excluding hydrogens is 235 g/mol. The summed E-state index contributed by atoms with van der Waals surface area (Å²) in [6.07, 6.45) is -5.99. The summed E-state index contributed by atoms with van der Waals surface area (Å²) in [4.78, 5) is 0. The summed E-state index contributed by atoms with van der Waals surface area (Å²) < 4.78 is 43.3. The van der Waals surface area contributed by atoms with E-state index >= 15 is 0 Å². The second-order valence-electron chi connectivity index (χ2n) is 3.73. The van der Waals surface area contributed by atoms with E-state index in [4.69, 9.17) is 5.73 Å². The number of ether oxygens (including phenoxy) is 1. The molecule has 0 bridgehead atoms. The van der Waals surface area contributed by atoms with Crippen LogP contribution in [0.4, 0.5) is 13.2 Å². The van der Waals surface area contributed by atoms with Crippen molar-refractivity contribution in [3.8, 4) is 5.75 Å². The fourth-order valence-corrected chi connectivity index (χ4v) is 1.55. The Bertz CT molecular complexity index is 391. The topological polar surface area (TPSA) is 55.5 Å². The summed E-state index contributed by atoms with van der Waals surface area (Å²) in [5.74, 6) is -0.324. The molecule has 0 fully saturated rings. The van der Waals surface area contributed by atoms with Crippen molar-refractivity contribution in [2.45, 2.75) is 25.2 Å². The molecule has 0 aromatic heterocycles. The zero-order valence-corrected chi connectivity index (χ0v) is 9.45. The Labute approximate surface area is 97.0 Å². The highest BCUT2D eigenvalue weighted by Crippen LogP contribution is 2.41. The molecule has 0 unspecified atom stereocenters. The van der Waals surface area contributed by atoms with Gasteiger partial charge in [0.2, 0.25) is 0 Å². The number of alkyl halides is 3. The second kappa shape index (κ2) is 4.93. The number of aliphatic hydroxyl groups is 1. The maximum atomic E-state index is 12.9. The Morgan fingerprint density at radius 2 is 1.94 bits per heavy atom. The van der Waals surface area contributed by atoms with Crippen molar-refractivity contribution in [3.63, 3.8) is 0 Å². The molecule has 0 saturated heterocycles. The first-order valence-corrected chi connectivity index (χ1v) is 4.96. The molecule has 0 aliphatic rings. The molecular formula is C11H14F3NO2. The summed E-state index contributed by atoms with van der Waals surface area (Å²) in [5, 5.41) is 9.68. The third-order valence-electron chi connectivity index (χ3n) is 2.38. The van der Waals surface area contributed by atoms with Crippen LogP contribution in [0.25, 0.3) is 0 Å². The minimum atomic E-state index is -4.60. The standard InChI is InChI=1S/C11H14F3NO2/c1-6(15)10(16)7-4-3-5-8(17-2)9(7)11(12,13)14/h3-6,10,16H,15H2,1-2H3/t6-,10-/m0/s1. The molecule has 0 saturated carbocycles. The molecule has 0 radical (unpaired) electrons. The van der Waals surface area contributed by atoms with E-state index in [1.807, 2.05) is 0 Å². The summed E-state index contributed by atoms with van der Waals surface area (Å²) >= 11 is 0. The van der Waals surface area contributed by atoms with Crippen molar-refractivity contribution in [1.29, 1.82) is 0 Å². The SMILES string of the molecule is COc1cccc([C@@H](O)[C@H](C)N)c1C(F)(F)F. The van der Waals surface area contributed by atoms with Crippen LogP contribution in [0.1, 0.15) is 24.2 Å². The molecule has 0 heterocycles. The van der Waals surface area contributed by atoms with Gasteiger partial charge in [-0.25, -0.2) is 0 Å². The predicted molar refractivity (Wildman–Crippen MR) is 56.6 cm³/mol. The third-order valence-corrected chi connectivity index (χ3v) is 2.38. The lowest BCUT2D eigenvalue weighted by atomic mass is 9.97. The van der Waals surface area contributed by atoms with E-state index in [0.29, 0.717) is 0 Å². The van der Waals surface area contributed by atoms with Crippen LogP contribution in [0.5, 0.6) is 5.75 Å². The lowest BCUT2D eigenvalue weighted by molar-refractivity contribution is -0.140. The fraction of sp³-hybridized carbons (Fsp3) is 0.455. The molecule has 1 aromatic rings. The normalized spacial score (nSPS) is 15.5. The maximum absolute atomic E-state index is 12.9. The van der Waals surface area contributed by atoms with Crippen molar-refractivity contribution in [3.05, 3.63) is 29.3 Å². The molecule has 3 N–H and O–H groups in total. The number of halogens is 3. The lowest BCUT2D eigenvalue weighted by Crippen LogP contribution is -2.27. The molecule has 3 nitrogen and oxygen atoms in total. The fourth-order valence-electron chi connectivity index (χ4n) is 1.55. The molecule has 96 valence electrons. The summed E-state index contributed by atoms with van der Waals surface area (Å²) in [5.41, 5.74) is 4.16. The predicted octanol–water partition coefficient (Wildman–Crippen LogP) is 2.09. The second-order valence-corrected chi connectivity index (χ2v) is 3.73. The van der Waals surface area contributed by atoms with Crippen molar-refractivity contribution >= 4 is 0 Å². The molecule has 1 aromatic carbocycles. The van der Waals surface area contributed by atoms with Crippen LogP contribution in [0, 0.1) is 0 Å². The van der Waals surface area contributed by atoms with E-state index in [9.17, 15) is 18.3 Å². The van der Waals surface area contributed by atoms with Gasteiger partial charge in [0, 0.05) is 6.04 Å². The maximum Gasteiger partial charge on any atom is 0.420 e. The molecule has 2 atom stereocenters. The lowest BCUT2D eigenvalue weighted by Gasteiger charge is -2.21. The molecule has 1 rings (SSSR count). The number of hydrogen-bond acceptors (Lipinski definition) is 3. The first-order chi connectivity index (χ1) is 7.79. The molecule has 6 heteroatoms. The van der Waals surface area contributed by atoms with Crippen molar-refractivity contribution in [1.82, 2.24) is 0 Å². The third kappa shape index (κ3) is 2.89. The van der Waals surface area contributed by atoms with Crippen LogP contribution in [-0.2, 0) is 6.18 Å². The number of aliphatic hydroxyl groups excluding tert-OH is 1. The summed E-state index contributed by atoms with van der Waals surface area (Å²) in [6, 6.07) is 2.97. The van der Waals surface area contributed by atoms with E-state index in [1.54, 1.807) is 0 Å². The molecule has 17 heavy (non-hydrogen) atoms.